The Labute approximate surface area is 238 Å². The number of aromatic nitrogens is 3. The van der Waals surface area contributed by atoms with Crippen LogP contribution in [-0.2, 0) is 41.6 Å². The summed E-state index contributed by atoms with van der Waals surface area (Å²) < 4.78 is 0. The van der Waals surface area contributed by atoms with Crippen molar-refractivity contribution in [2.75, 3.05) is 0 Å². The van der Waals surface area contributed by atoms with Crippen LogP contribution < -0.4 is 27.4 Å². The van der Waals surface area contributed by atoms with Crippen LogP contribution in [0.5, 0.6) is 0 Å². The Morgan fingerprint density at radius 2 is 1.55 bits per heavy atom. The topological polar surface area (TPSA) is 275 Å². The fourth-order valence-corrected chi connectivity index (χ4v) is 4.21. The highest BCUT2D eigenvalue weighted by Gasteiger charge is 2.31. The first kappa shape index (κ1) is 31.3. The van der Waals surface area contributed by atoms with E-state index in [0.29, 0.717) is 5.69 Å². The molecule has 0 saturated heterocycles. The number of rotatable bonds is 16. The van der Waals surface area contributed by atoms with Crippen molar-refractivity contribution in [3.05, 3.63) is 54.2 Å². The van der Waals surface area contributed by atoms with Gasteiger partial charge in [-0.25, -0.2) is 9.78 Å². The highest BCUT2D eigenvalue weighted by atomic mass is 16.4. The van der Waals surface area contributed by atoms with Crippen LogP contribution in [0.15, 0.2) is 43.0 Å². The van der Waals surface area contributed by atoms with Gasteiger partial charge < -0.3 is 47.6 Å². The van der Waals surface area contributed by atoms with E-state index in [1.165, 1.54) is 12.5 Å². The van der Waals surface area contributed by atoms with E-state index in [4.69, 9.17) is 16.6 Å². The lowest BCUT2D eigenvalue weighted by Gasteiger charge is -2.24. The molecule has 42 heavy (non-hydrogen) atoms. The lowest BCUT2D eigenvalue weighted by atomic mass is 10.0. The van der Waals surface area contributed by atoms with E-state index in [-0.39, 0.29) is 25.7 Å². The minimum absolute atomic E-state index is 0.0850. The number of imidazole rings is 1. The Morgan fingerprint density at radius 3 is 2.19 bits per heavy atom. The van der Waals surface area contributed by atoms with Crippen LogP contribution in [0.2, 0.25) is 0 Å². The van der Waals surface area contributed by atoms with E-state index in [9.17, 15) is 33.9 Å². The van der Waals surface area contributed by atoms with Crippen molar-refractivity contribution in [3.63, 3.8) is 0 Å². The number of amides is 4. The molecule has 2 heterocycles. The van der Waals surface area contributed by atoms with Gasteiger partial charge in [-0.1, -0.05) is 18.2 Å². The van der Waals surface area contributed by atoms with Crippen molar-refractivity contribution in [2.45, 2.75) is 56.3 Å². The third-order valence-corrected chi connectivity index (χ3v) is 6.37. The molecule has 1 aromatic carbocycles. The minimum atomic E-state index is -1.80. The summed E-state index contributed by atoms with van der Waals surface area (Å²) in [6.45, 7) is 0. The van der Waals surface area contributed by atoms with Gasteiger partial charge in [-0.3, -0.25) is 24.0 Å². The van der Waals surface area contributed by atoms with Gasteiger partial charge in [-0.2, -0.15) is 0 Å². The summed E-state index contributed by atoms with van der Waals surface area (Å²) in [6, 6.07) is 1.85. The van der Waals surface area contributed by atoms with Crippen LogP contribution in [-0.4, -0.2) is 84.9 Å². The van der Waals surface area contributed by atoms with Gasteiger partial charge in [0.1, 0.15) is 18.1 Å². The minimum Gasteiger partial charge on any atom is -0.481 e. The lowest BCUT2D eigenvalue weighted by molar-refractivity contribution is -0.147. The molecule has 4 atom stereocenters. The number of H-pyrrole nitrogens is 2. The molecule has 0 aliphatic rings. The zero-order valence-corrected chi connectivity index (χ0v) is 22.3. The van der Waals surface area contributed by atoms with Crippen LogP contribution in [0.25, 0.3) is 10.9 Å². The second-order valence-corrected chi connectivity index (χ2v) is 9.58. The maximum Gasteiger partial charge on any atom is 0.326 e. The van der Waals surface area contributed by atoms with E-state index < -0.39 is 66.2 Å². The van der Waals surface area contributed by atoms with E-state index in [1.807, 2.05) is 29.6 Å². The van der Waals surface area contributed by atoms with Gasteiger partial charge in [0.05, 0.1) is 18.8 Å². The van der Waals surface area contributed by atoms with Crippen molar-refractivity contribution in [3.8, 4) is 0 Å². The average molecular weight is 585 g/mol. The highest BCUT2D eigenvalue weighted by molar-refractivity contribution is 5.95. The number of benzene rings is 1. The van der Waals surface area contributed by atoms with Gasteiger partial charge in [0, 0.05) is 41.8 Å². The highest BCUT2D eigenvalue weighted by Crippen LogP contribution is 2.19. The summed E-state index contributed by atoms with van der Waals surface area (Å²) >= 11 is 0. The lowest BCUT2D eigenvalue weighted by Crippen LogP contribution is -2.58. The van der Waals surface area contributed by atoms with Gasteiger partial charge >= 0.3 is 11.9 Å². The number of para-hydroxylation sites is 1. The Hall–Kier alpha value is -5.25. The molecule has 224 valence electrons. The number of nitrogens with two attached hydrogens (primary N) is 2. The fourth-order valence-electron chi connectivity index (χ4n) is 4.21. The molecular formula is C26H32N8O8. The molecule has 4 unspecified atom stereocenters. The summed E-state index contributed by atoms with van der Waals surface area (Å²) in [5.74, 6) is -6.46. The van der Waals surface area contributed by atoms with Crippen LogP contribution in [0.3, 0.4) is 0 Å². The zero-order chi connectivity index (χ0) is 30.8. The normalized spacial score (nSPS) is 13.8. The molecule has 0 aliphatic carbocycles. The first-order valence-corrected chi connectivity index (χ1v) is 12.9. The van der Waals surface area contributed by atoms with Gasteiger partial charge in [0.2, 0.25) is 23.6 Å². The molecule has 0 bridgehead atoms. The fraction of sp³-hybridized carbons (Fsp3) is 0.346. The van der Waals surface area contributed by atoms with E-state index in [2.05, 4.69) is 25.6 Å². The van der Waals surface area contributed by atoms with Crippen molar-refractivity contribution in [1.82, 2.24) is 30.9 Å². The van der Waals surface area contributed by atoms with Gasteiger partial charge in [-0.15, -0.1) is 0 Å². The van der Waals surface area contributed by atoms with Crippen molar-refractivity contribution >= 4 is 46.5 Å². The summed E-state index contributed by atoms with van der Waals surface area (Å²) in [5.41, 5.74) is 13.5. The monoisotopic (exact) mass is 584 g/mol. The number of nitrogens with zero attached hydrogens (tertiary/aromatic N) is 1. The Balaban J connectivity index is 1.76. The number of hydrogen-bond acceptors (Lipinski definition) is 8. The van der Waals surface area contributed by atoms with Crippen LogP contribution in [0, 0.1) is 0 Å². The van der Waals surface area contributed by atoms with Crippen molar-refractivity contribution in [2.24, 2.45) is 11.5 Å². The summed E-state index contributed by atoms with van der Waals surface area (Å²) in [6.07, 6.45) is 2.99. The second-order valence-electron chi connectivity index (χ2n) is 9.58. The first-order chi connectivity index (χ1) is 19.9. The summed E-state index contributed by atoms with van der Waals surface area (Å²) in [7, 11) is 0. The van der Waals surface area contributed by atoms with Crippen molar-refractivity contribution in [1.29, 1.82) is 0 Å². The standard InChI is InChI=1S/C26H32N8O8/c27-16(7-13-10-30-17-4-2-1-3-15(13)17)23(38)33-19(8-14-11-29-12-31-14)25(40)32-18(5-6-21(28)35)24(39)34-20(26(41)42)9-22(36)37/h1-4,10-12,16,18-20,30H,5-9,27H2,(H2,28,35)(H,29,31)(H,32,40)(H,33,38)(H,34,39)(H,36,37)(H,41,42). The number of carboxylic acid groups (broad SMARTS) is 2. The molecule has 0 radical (unpaired) electrons. The molecule has 2 aromatic heterocycles. The SMILES string of the molecule is NC(=O)CCC(NC(=O)C(Cc1cnc[nH]1)NC(=O)C(N)Cc1c[nH]c2ccccc12)C(=O)NC(CC(=O)O)C(=O)O. The van der Waals surface area contributed by atoms with E-state index >= 15 is 0 Å². The Morgan fingerprint density at radius 1 is 0.881 bits per heavy atom. The molecule has 16 heteroatoms. The molecule has 16 nitrogen and oxygen atoms in total. The second kappa shape index (κ2) is 14.4. The van der Waals surface area contributed by atoms with E-state index in [1.54, 1.807) is 6.20 Å². The predicted molar refractivity (Wildman–Crippen MR) is 146 cm³/mol. The largest absolute Gasteiger partial charge is 0.481 e. The molecule has 0 fully saturated rings. The quantitative estimate of drug-likeness (QED) is 0.0918. The van der Waals surface area contributed by atoms with Gasteiger partial charge in [-0.05, 0) is 24.5 Å². The van der Waals surface area contributed by atoms with E-state index in [0.717, 1.165) is 16.5 Å². The third kappa shape index (κ3) is 8.88. The molecule has 0 aliphatic heterocycles. The molecule has 4 amide bonds. The number of nitrogens with one attached hydrogen (secondary N) is 5. The van der Waals surface area contributed by atoms with Gasteiger partial charge in [0.15, 0.2) is 0 Å². The molecular weight excluding hydrogens is 552 g/mol. The number of aromatic amines is 2. The summed E-state index contributed by atoms with van der Waals surface area (Å²) in [5, 5.41) is 26.2. The molecule has 11 N–H and O–H groups in total. The van der Waals surface area contributed by atoms with Crippen LogP contribution in [0.1, 0.15) is 30.5 Å². The Kier molecular flexibility index (Phi) is 10.7. The summed E-state index contributed by atoms with van der Waals surface area (Å²) in [4.78, 5) is 83.0. The maximum absolute atomic E-state index is 13.4. The number of primary amides is 1. The predicted octanol–water partition coefficient (Wildman–Crippen LogP) is -1.72. The van der Waals surface area contributed by atoms with Crippen LogP contribution in [0.4, 0.5) is 0 Å². The smallest absolute Gasteiger partial charge is 0.326 e. The zero-order valence-electron chi connectivity index (χ0n) is 22.3. The first-order valence-electron chi connectivity index (χ1n) is 12.9. The number of carbonyl (C=O) groups excluding carboxylic acids is 4. The molecule has 3 aromatic rings. The number of carbonyl (C=O) groups is 6. The number of fused-ring (bicyclic) bond motifs is 1. The van der Waals surface area contributed by atoms with Crippen molar-refractivity contribution < 1.29 is 39.0 Å². The number of hydrogen-bond donors (Lipinski definition) is 9. The third-order valence-electron chi connectivity index (χ3n) is 6.37. The molecule has 0 saturated carbocycles. The molecule has 3 rings (SSSR count). The molecule has 0 spiro atoms. The Bertz CT molecular complexity index is 1440. The average Bonchev–Trinajstić information content (AvgIpc) is 3.59. The maximum atomic E-state index is 13.4. The number of aliphatic carboxylic acids is 2. The number of carboxylic acids is 2. The van der Waals surface area contributed by atoms with Gasteiger partial charge in [0.25, 0.3) is 0 Å². The van der Waals surface area contributed by atoms with Crippen LogP contribution >= 0.6 is 0 Å².